The predicted octanol–water partition coefficient (Wildman–Crippen LogP) is 1.57. The van der Waals surface area contributed by atoms with Gasteiger partial charge in [-0.1, -0.05) is 0 Å². The Morgan fingerprint density at radius 2 is 2.15 bits per heavy atom. The number of nitrogens with one attached hydrogen (secondary N) is 2. The Hall–Kier alpha value is -1.56. The number of rotatable bonds is 4. The average molecular weight is 280 g/mol. The SMILES string of the molecule is Cn1ccc(CNC2CC(NC(=O)OC(C)(C)C)C2)n1. The summed E-state index contributed by atoms with van der Waals surface area (Å²) in [5, 5.41) is 10.6. The molecule has 0 saturated heterocycles. The molecule has 2 N–H and O–H groups in total. The molecule has 0 atom stereocenters. The molecule has 1 amide bonds. The van der Waals surface area contributed by atoms with Gasteiger partial charge in [0.2, 0.25) is 0 Å². The molecule has 0 bridgehead atoms. The van der Waals surface area contributed by atoms with E-state index in [0.717, 1.165) is 25.1 Å². The minimum absolute atomic E-state index is 0.214. The van der Waals surface area contributed by atoms with Crippen LogP contribution < -0.4 is 10.6 Å². The average Bonchev–Trinajstić information content (AvgIpc) is 2.64. The van der Waals surface area contributed by atoms with E-state index in [-0.39, 0.29) is 12.1 Å². The lowest BCUT2D eigenvalue weighted by Gasteiger charge is -2.36. The zero-order valence-corrected chi connectivity index (χ0v) is 12.6. The first-order chi connectivity index (χ1) is 9.32. The zero-order chi connectivity index (χ0) is 14.8. The van der Waals surface area contributed by atoms with Gasteiger partial charge in [-0.3, -0.25) is 4.68 Å². The normalized spacial score (nSPS) is 22.2. The maximum atomic E-state index is 11.6. The quantitative estimate of drug-likeness (QED) is 0.878. The molecular weight excluding hydrogens is 256 g/mol. The number of hydrogen-bond acceptors (Lipinski definition) is 4. The summed E-state index contributed by atoms with van der Waals surface area (Å²) in [5.74, 6) is 0. The van der Waals surface area contributed by atoms with Crippen molar-refractivity contribution in [1.29, 1.82) is 0 Å². The van der Waals surface area contributed by atoms with Gasteiger partial charge in [-0.2, -0.15) is 5.10 Å². The Bertz CT molecular complexity index is 458. The molecule has 0 unspecified atom stereocenters. The maximum absolute atomic E-state index is 11.6. The summed E-state index contributed by atoms with van der Waals surface area (Å²) in [6, 6.07) is 2.66. The van der Waals surface area contributed by atoms with Gasteiger partial charge in [0, 0.05) is 31.9 Å². The molecule has 1 saturated carbocycles. The van der Waals surface area contributed by atoms with Crippen molar-refractivity contribution in [2.75, 3.05) is 0 Å². The van der Waals surface area contributed by atoms with E-state index in [2.05, 4.69) is 15.7 Å². The number of carbonyl (C=O) groups is 1. The van der Waals surface area contributed by atoms with E-state index in [1.807, 2.05) is 40.1 Å². The van der Waals surface area contributed by atoms with E-state index < -0.39 is 5.60 Å². The van der Waals surface area contributed by atoms with Gasteiger partial charge in [0.1, 0.15) is 5.60 Å². The third-order valence-electron chi connectivity index (χ3n) is 3.20. The summed E-state index contributed by atoms with van der Waals surface area (Å²) in [7, 11) is 1.91. The highest BCUT2D eigenvalue weighted by Crippen LogP contribution is 2.21. The van der Waals surface area contributed by atoms with Gasteiger partial charge in [-0.15, -0.1) is 0 Å². The highest BCUT2D eigenvalue weighted by atomic mass is 16.6. The van der Waals surface area contributed by atoms with Crippen LogP contribution in [-0.2, 0) is 18.3 Å². The van der Waals surface area contributed by atoms with Gasteiger partial charge in [0.15, 0.2) is 0 Å². The summed E-state index contributed by atoms with van der Waals surface area (Å²) >= 11 is 0. The monoisotopic (exact) mass is 280 g/mol. The van der Waals surface area contributed by atoms with Crippen molar-refractivity contribution in [3.05, 3.63) is 18.0 Å². The third kappa shape index (κ3) is 4.52. The van der Waals surface area contributed by atoms with E-state index >= 15 is 0 Å². The molecule has 0 aliphatic heterocycles. The second kappa shape index (κ2) is 5.83. The fourth-order valence-electron chi connectivity index (χ4n) is 2.18. The van der Waals surface area contributed by atoms with Crippen LogP contribution in [0.2, 0.25) is 0 Å². The van der Waals surface area contributed by atoms with Crippen molar-refractivity contribution < 1.29 is 9.53 Å². The van der Waals surface area contributed by atoms with Crippen molar-refractivity contribution in [2.45, 2.75) is 57.8 Å². The highest BCUT2D eigenvalue weighted by molar-refractivity contribution is 5.68. The molecule has 1 fully saturated rings. The van der Waals surface area contributed by atoms with Crippen molar-refractivity contribution in [3.63, 3.8) is 0 Å². The van der Waals surface area contributed by atoms with Crippen LogP contribution in [0.4, 0.5) is 4.79 Å². The number of carbonyl (C=O) groups excluding carboxylic acids is 1. The van der Waals surface area contributed by atoms with E-state index in [1.165, 1.54) is 0 Å². The molecular formula is C14H24N4O2. The number of hydrogen-bond donors (Lipinski definition) is 2. The molecule has 1 heterocycles. The third-order valence-corrected chi connectivity index (χ3v) is 3.20. The summed E-state index contributed by atoms with van der Waals surface area (Å²) in [4.78, 5) is 11.6. The van der Waals surface area contributed by atoms with Gasteiger partial charge >= 0.3 is 6.09 Å². The Morgan fingerprint density at radius 3 is 2.70 bits per heavy atom. The summed E-state index contributed by atoms with van der Waals surface area (Å²) < 4.78 is 7.02. The maximum Gasteiger partial charge on any atom is 0.407 e. The molecule has 6 nitrogen and oxygen atoms in total. The van der Waals surface area contributed by atoms with E-state index in [1.54, 1.807) is 4.68 Å². The number of ether oxygens (including phenoxy) is 1. The predicted molar refractivity (Wildman–Crippen MR) is 76.2 cm³/mol. The largest absolute Gasteiger partial charge is 0.444 e. The Labute approximate surface area is 119 Å². The van der Waals surface area contributed by atoms with E-state index in [4.69, 9.17) is 4.74 Å². The van der Waals surface area contributed by atoms with Crippen LogP contribution in [0.15, 0.2) is 12.3 Å². The lowest BCUT2D eigenvalue weighted by atomic mass is 9.87. The molecule has 0 aromatic carbocycles. The minimum Gasteiger partial charge on any atom is -0.444 e. The van der Waals surface area contributed by atoms with E-state index in [9.17, 15) is 4.79 Å². The van der Waals surface area contributed by atoms with E-state index in [0.29, 0.717) is 6.04 Å². The Balaban J connectivity index is 1.61. The number of nitrogens with zero attached hydrogens (tertiary/aromatic N) is 2. The number of aryl methyl sites for hydroxylation is 1. The summed E-state index contributed by atoms with van der Waals surface area (Å²) in [6.45, 7) is 6.37. The van der Waals surface area contributed by atoms with Gasteiger partial charge in [-0.05, 0) is 39.7 Å². The molecule has 1 aliphatic carbocycles. The first-order valence-electron chi connectivity index (χ1n) is 7.03. The standard InChI is InChI=1S/C14H24N4O2/c1-14(2,3)20-13(19)16-12-7-11(8-12)15-9-10-5-6-18(4)17-10/h5-6,11-12,15H,7-9H2,1-4H3,(H,16,19). The van der Waals surface area contributed by atoms with Crippen molar-refractivity contribution in [1.82, 2.24) is 20.4 Å². The van der Waals surface area contributed by atoms with Crippen LogP contribution >= 0.6 is 0 Å². The molecule has 1 aromatic heterocycles. The lowest BCUT2D eigenvalue weighted by molar-refractivity contribution is 0.0465. The van der Waals surface area contributed by atoms with Crippen LogP contribution in [-0.4, -0.2) is 33.6 Å². The van der Waals surface area contributed by atoms with Crippen molar-refractivity contribution in [3.8, 4) is 0 Å². The minimum atomic E-state index is -0.440. The number of aromatic nitrogens is 2. The first kappa shape index (κ1) is 14.8. The molecule has 1 aliphatic rings. The van der Waals surface area contributed by atoms with Gasteiger partial charge < -0.3 is 15.4 Å². The molecule has 0 spiro atoms. The van der Waals surface area contributed by atoms with Crippen LogP contribution in [0.3, 0.4) is 0 Å². The Kier molecular flexibility index (Phi) is 4.32. The molecule has 1 aromatic rings. The molecule has 20 heavy (non-hydrogen) atoms. The molecule has 6 heteroatoms. The van der Waals surface area contributed by atoms with Crippen LogP contribution in [0.1, 0.15) is 39.3 Å². The van der Waals surface area contributed by atoms with Gasteiger partial charge in [0.05, 0.1) is 5.69 Å². The van der Waals surface area contributed by atoms with Gasteiger partial charge in [0.25, 0.3) is 0 Å². The van der Waals surface area contributed by atoms with Crippen molar-refractivity contribution in [2.24, 2.45) is 7.05 Å². The fourth-order valence-corrected chi connectivity index (χ4v) is 2.18. The van der Waals surface area contributed by atoms with Gasteiger partial charge in [-0.25, -0.2) is 4.79 Å². The molecule has 0 radical (unpaired) electrons. The fraction of sp³-hybridized carbons (Fsp3) is 0.714. The smallest absolute Gasteiger partial charge is 0.407 e. The molecule has 112 valence electrons. The molecule has 2 rings (SSSR count). The summed E-state index contributed by atoms with van der Waals surface area (Å²) in [6.07, 6.45) is 3.48. The lowest BCUT2D eigenvalue weighted by Crippen LogP contribution is -2.53. The summed E-state index contributed by atoms with van der Waals surface area (Å²) in [5.41, 5.74) is 0.598. The topological polar surface area (TPSA) is 68.2 Å². The highest BCUT2D eigenvalue weighted by Gasteiger charge is 2.31. The van der Waals surface area contributed by atoms with Crippen LogP contribution in [0.25, 0.3) is 0 Å². The second-order valence-electron chi connectivity index (χ2n) is 6.37. The van der Waals surface area contributed by atoms with Crippen LogP contribution in [0.5, 0.6) is 0 Å². The first-order valence-corrected chi connectivity index (χ1v) is 7.03. The van der Waals surface area contributed by atoms with Crippen LogP contribution in [0, 0.1) is 0 Å². The number of amides is 1. The van der Waals surface area contributed by atoms with Crippen molar-refractivity contribution >= 4 is 6.09 Å². The number of alkyl carbamates (subject to hydrolysis) is 1. The zero-order valence-electron chi connectivity index (χ0n) is 12.6. The second-order valence-corrected chi connectivity index (χ2v) is 6.37. The Morgan fingerprint density at radius 1 is 1.45 bits per heavy atom.